The molecule has 4 nitrogen and oxygen atoms in total. The summed E-state index contributed by atoms with van der Waals surface area (Å²) < 4.78 is 5.38. The van der Waals surface area contributed by atoms with Crippen LogP contribution in [0.3, 0.4) is 0 Å². The summed E-state index contributed by atoms with van der Waals surface area (Å²) in [6.45, 7) is 4.06. The van der Waals surface area contributed by atoms with Gasteiger partial charge in [-0.05, 0) is 45.1 Å². The molecule has 110 valence electrons. The SMILES string of the molecule is CCCC1(C(=O)NC2CCC(OC)C2)CCCNC1. The molecule has 19 heavy (non-hydrogen) atoms. The highest BCUT2D eigenvalue weighted by Crippen LogP contribution is 2.33. The van der Waals surface area contributed by atoms with Gasteiger partial charge in [0.05, 0.1) is 11.5 Å². The number of ether oxygens (including phenoxy) is 1. The molecule has 4 heteroatoms. The molecule has 0 spiro atoms. The Bertz CT molecular complexity index is 295. The minimum atomic E-state index is -0.168. The monoisotopic (exact) mass is 268 g/mol. The highest BCUT2D eigenvalue weighted by molar-refractivity contribution is 5.83. The van der Waals surface area contributed by atoms with E-state index in [4.69, 9.17) is 4.74 Å². The molecule has 3 unspecified atom stereocenters. The summed E-state index contributed by atoms with van der Waals surface area (Å²) in [6, 6.07) is 0.313. The molecule has 0 bridgehead atoms. The van der Waals surface area contributed by atoms with Crippen LogP contribution in [-0.4, -0.2) is 38.3 Å². The fraction of sp³-hybridized carbons (Fsp3) is 0.933. The van der Waals surface area contributed by atoms with Gasteiger partial charge in [-0.15, -0.1) is 0 Å². The van der Waals surface area contributed by atoms with E-state index in [1.165, 1.54) is 0 Å². The van der Waals surface area contributed by atoms with E-state index in [1.807, 2.05) is 0 Å². The first-order valence-corrected chi connectivity index (χ1v) is 7.74. The van der Waals surface area contributed by atoms with Crippen molar-refractivity contribution in [2.24, 2.45) is 5.41 Å². The predicted molar refractivity (Wildman–Crippen MR) is 76.0 cm³/mol. The second-order valence-electron chi connectivity index (χ2n) is 6.15. The Morgan fingerprint density at radius 3 is 2.89 bits per heavy atom. The maximum atomic E-state index is 12.7. The molecular formula is C15H28N2O2. The number of hydrogen-bond donors (Lipinski definition) is 2. The van der Waals surface area contributed by atoms with Crippen LogP contribution < -0.4 is 10.6 Å². The van der Waals surface area contributed by atoms with Crippen LogP contribution in [0.2, 0.25) is 0 Å². The first-order chi connectivity index (χ1) is 9.20. The van der Waals surface area contributed by atoms with Gasteiger partial charge in [-0.2, -0.15) is 0 Å². The maximum Gasteiger partial charge on any atom is 0.227 e. The summed E-state index contributed by atoms with van der Waals surface area (Å²) in [4.78, 5) is 12.7. The van der Waals surface area contributed by atoms with E-state index >= 15 is 0 Å². The third kappa shape index (κ3) is 3.48. The van der Waals surface area contributed by atoms with Crippen LogP contribution in [-0.2, 0) is 9.53 Å². The molecule has 2 N–H and O–H groups in total. The highest BCUT2D eigenvalue weighted by atomic mass is 16.5. The van der Waals surface area contributed by atoms with Crippen LogP contribution in [0.25, 0.3) is 0 Å². The Kier molecular flexibility index (Phi) is 5.22. The summed E-state index contributed by atoms with van der Waals surface area (Å²) in [5.74, 6) is 0.267. The molecule has 1 amide bonds. The van der Waals surface area contributed by atoms with Crippen molar-refractivity contribution in [3.05, 3.63) is 0 Å². The number of carbonyl (C=O) groups is 1. The number of piperidine rings is 1. The summed E-state index contributed by atoms with van der Waals surface area (Å²) >= 11 is 0. The van der Waals surface area contributed by atoms with Crippen molar-refractivity contribution < 1.29 is 9.53 Å². The zero-order valence-electron chi connectivity index (χ0n) is 12.3. The number of rotatable bonds is 5. The van der Waals surface area contributed by atoms with Crippen LogP contribution in [0.15, 0.2) is 0 Å². The van der Waals surface area contributed by atoms with Gasteiger partial charge >= 0.3 is 0 Å². The zero-order valence-corrected chi connectivity index (χ0v) is 12.3. The van der Waals surface area contributed by atoms with E-state index in [0.717, 1.165) is 58.0 Å². The van der Waals surface area contributed by atoms with E-state index in [0.29, 0.717) is 12.1 Å². The second kappa shape index (κ2) is 6.71. The van der Waals surface area contributed by atoms with Crippen molar-refractivity contribution in [1.29, 1.82) is 0 Å². The molecule has 1 saturated carbocycles. The maximum absolute atomic E-state index is 12.7. The minimum Gasteiger partial charge on any atom is -0.381 e. The van der Waals surface area contributed by atoms with Crippen molar-refractivity contribution in [3.63, 3.8) is 0 Å². The lowest BCUT2D eigenvalue weighted by molar-refractivity contribution is -0.133. The Hall–Kier alpha value is -0.610. The number of carbonyl (C=O) groups excluding carboxylic acids is 1. The van der Waals surface area contributed by atoms with Gasteiger partial charge in [-0.3, -0.25) is 4.79 Å². The molecule has 2 fully saturated rings. The third-order valence-corrected chi connectivity index (χ3v) is 4.74. The average molecular weight is 268 g/mol. The van der Waals surface area contributed by atoms with Gasteiger partial charge in [-0.1, -0.05) is 13.3 Å². The number of nitrogens with one attached hydrogen (secondary N) is 2. The van der Waals surface area contributed by atoms with Gasteiger partial charge in [0.15, 0.2) is 0 Å². The lowest BCUT2D eigenvalue weighted by Gasteiger charge is -2.37. The summed E-state index contributed by atoms with van der Waals surface area (Å²) in [5.41, 5.74) is -0.168. The molecule has 0 aromatic carbocycles. The van der Waals surface area contributed by atoms with E-state index in [9.17, 15) is 4.79 Å². The quantitative estimate of drug-likeness (QED) is 0.800. The smallest absolute Gasteiger partial charge is 0.227 e. The van der Waals surface area contributed by atoms with Gasteiger partial charge < -0.3 is 15.4 Å². The van der Waals surface area contributed by atoms with Crippen LogP contribution in [0.4, 0.5) is 0 Å². The fourth-order valence-corrected chi connectivity index (χ4v) is 3.59. The van der Waals surface area contributed by atoms with E-state index in [2.05, 4.69) is 17.6 Å². The van der Waals surface area contributed by atoms with Gasteiger partial charge in [0.1, 0.15) is 0 Å². The standard InChI is InChI=1S/C15H28N2O2/c1-3-7-15(8-4-9-16-11-15)14(18)17-12-5-6-13(10-12)19-2/h12-13,16H,3-11H2,1-2H3,(H,17,18). The van der Waals surface area contributed by atoms with Crippen molar-refractivity contribution in [2.75, 3.05) is 20.2 Å². The largest absolute Gasteiger partial charge is 0.381 e. The van der Waals surface area contributed by atoms with Gasteiger partial charge in [0, 0.05) is 19.7 Å². The van der Waals surface area contributed by atoms with E-state index in [-0.39, 0.29) is 11.3 Å². The normalized spacial score (nSPS) is 35.3. The fourth-order valence-electron chi connectivity index (χ4n) is 3.59. The molecule has 0 aromatic heterocycles. The number of hydrogen-bond acceptors (Lipinski definition) is 3. The molecular weight excluding hydrogens is 240 g/mol. The van der Waals surface area contributed by atoms with Crippen LogP contribution in [0, 0.1) is 5.41 Å². The molecule has 3 atom stereocenters. The highest BCUT2D eigenvalue weighted by Gasteiger charge is 2.40. The number of methoxy groups -OCH3 is 1. The van der Waals surface area contributed by atoms with Crippen LogP contribution >= 0.6 is 0 Å². The summed E-state index contributed by atoms with van der Waals surface area (Å²) in [7, 11) is 1.76. The average Bonchev–Trinajstić information content (AvgIpc) is 2.88. The molecule has 1 heterocycles. The van der Waals surface area contributed by atoms with Crippen molar-refractivity contribution in [2.45, 2.75) is 64.0 Å². The second-order valence-corrected chi connectivity index (χ2v) is 6.15. The first-order valence-electron chi connectivity index (χ1n) is 7.74. The van der Waals surface area contributed by atoms with Gasteiger partial charge in [0.25, 0.3) is 0 Å². The zero-order chi connectivity index (χ0) is 13.7. The van der Waals surface area contributed by atoms with Crippen LogP contribution in [0.5, 0.6) is 0 Å². The minimum absolute atomic E-state index is 0.168. The van der Waals surface area contributed by atoms with E-state index in [1.54, 1.807) is 7.11 Å². The lowest BCUT2D eigenvalue weighted by atomic mass is 9.76. The Morgan fingerprint density at radius 1 is 1.47 bits per heavy atom. The Balaban J connectivity index is 1.92. The Morgan fingerprint density at radius 2 is 2.32 bits per heavy atom. The molecule has 1 aliphatic heterocycles. The summed E-state index contributed by atoms with van der Waals surface area (Å²) in [5, 5.41) is 6.68. The van der Waals surface area contributed by atoms with E-state index < -0.39 is 0 Å². The Labute approximate surface area is 116 Å². The summed E-state index contributed by atoms with van der Waals surface area (Å²) in [6.07, 6.45) is 7.63. The lowest BCUT2D eigenvalue weighted by Crippen LogP contribution is -2.52. The third-order valence-electron chi connectivity index (χ3n) is 4.74. The molecule has 0 aromatic rings. The predicted octanol–water partition coefficient (Wildman–Crippen LogP) is 1.84. The molecule has 1 saturated heterocycles. The van der Waals surface area contributed by atoms with Crippen molar-refractivity contribution >= 4 is 5.91 Å². The van der Waals surface area contributed by atoms with Gasteiger partial charge in [0.2, 0.25) is 5.91 Å². The molecule has 2 rings (SSSR count). The topological polar surface area (TPSA) is 50.4 Å². The van der Waals surface area contributed by atoms with Crippen molar-refractivity contribution in [3.8, 4) is 0 Å². The molecule has 2 aliphatic rings. The number of amides is 1. The van der Waals surface area contributed by atoms with Crippen molar-refractivity contribution in [1.82, 2.24) is 10.6 Å². The van der Waals surface area contributed by atoms with Crippen LogP contribution in [0.1, 0.15) is 51.9 Å². The first kappa shape index (κ1) is 14.8. The van der Waals surface area contributed by atoms with Gasteiger partial charge in [-0.25, -0.2) is 0 Å². The molecule has 0 radical (unpaired) electrons. The molecule has 1 aliphatic carbocycles.